The highest BCUT2D eigenvalue weighted by Crippen LogP contribution is 2.31. The van der Waals surface area contributed by atoms with Crippen molar-refractivity contribution in [2.75, 3.05) is 5.32 Å². The third-order valence-electron chi connectivity index (χ3n) is 4.67. The summed E-state index contributed by atoms with van der Waals surface area (Å²) in [6, 6.07) is 18.1. The Morgan fingerprint density at radius 1 is 1.00 bits per heavy atom. The fraction of sp³-hybridized carbons (Fsp3) is 0.0952. The number of nitrogens with one attached hydrogen (secondary N) is 1. The number of para-hydroxylation sites is 1. The predicted octanol–water partition coefficient (Wildman–Crippen LogP) is 4.73. The van der Waals surface area contributed by atoms with Crippen LogP contribution in [-0.4, -0.2) is 19.7 Å². The lowest BCUT2D eigenvalue weighted by atomic mass is 10.1. The Bertz CT molecular complexity index is 1210. The number of hydrogen-bond donors (Lipinski definition) is 1. The molecule has 6 heteroatoms. The highest BCUT2D eigenvalue weighted by molar-refractivity contribution is 6.05. The molecule has 0 aliphatic rings. The summed E-state index contributed by atoms with van der Waals surface area (Å²) in [5.74, 6) is 0.694. The van der Waals surface area contributed by atoms with Crippen LogP contribution in [0, 0.1) is 0 Å². The van der Waals surface area contributed by atoms with Crippen LogP contribution in [-0.2, 0) is 0 Å². The topological polar surface area (TPSA) is 68.8 Å². The minimum absolute atomic E-state index is 0.0583. The maximum absolute atomic E-state index is 5.99. The molecule has 0 saturated carbocycles. The summed E-state index contributed by atoms with van der Waals surface area (Å²) < 4.78 is 7.83. The summed E-state index contributed by atoms with van der Waals surface area (Å²) in [7, 11) is 0. The molecule has 1 unspecified atom stereocenters. The van der Waals surface area contributed by atoms with Gasteiger partial charge < -0.3 is 9.73 Å². The smallest absolute Gasteiger partial charge is 0.196 e. The fourth-order valence-corrected chi connectivity index (χ4v) is 3.25. The van der Waals surface area contributed by atoms with Crippen molar-refractivity contribution in [1.29, 1.82) is 0 Å². The van der Waals surface area contributed by atoms with Gasteiger partial charge in [0.2, 0.25) is 0 Å². The third-order valence-corrected chi connectivity index (χ3v) is 4.67. The first-order valence-corrected chi connectivity index (χ1v) is 8.78. The first kappa shape index (κ1) is 15.6. The van der Waals surface area contributed by atoms with E-state index in [2.05, 4.69) is 51.6 Å². The van der Waals surface area contributed by atoms with E-state index in [4.69, 9.17) is 4.42 Å². The highest BCUT2D eigenvalue weighted by Gasteiger charge is 2.15. The van der Waals surface area contributed by atoms with Crippen molar-refractivity contribution in [3.8, 4) is 5.69 Å². The number of fused-ring (bicyclic) bond motifs is 3. The van der Waals surface area contributed by atoms with Gasteiger partial charge in [0.15, 0.2) is 11.4 Å². The van der Waals surface area contributed by atoms with Gasteiger partial charge in [-0.25, -0.2) is 14.6 Å². The molecule has 2 aromatic carbocycles. The van der Waals surface area contributed by atoms with Crippen LogP contribution in [0.25, 0.3) is 27.8 Å². The highest BCUT2D eigenvalue weighted by atomic mass is 16.3. The summed E-state index contributed by atoms with van der Waals surface area (Å²) in [6.07, 6.45) is 5.27. The van der Waals surface area contributed by atoms with Gasteiger partial charge in [0.25, 0.3) is 0 Å². The third kappa shape index (κ3) is 2.71. The zero-order valence-corrected chi connectivity index (χ0v) is 14.7. The lowest BCUT2D eigenvalue weighted by Crippen LogP contribution is -2.08. The van der Waals surface area contributed by atoms with Crippen LogP contribution in [0.4, 0.5) is 5.82 Å². The van der Waals surface area contributed by atoms with Gasteiger partial charge in [-0.05, 0) is 42.8 Å². The second-order valence-electron chi connectivity index (χ2n) is 6.41. The van der Waals surface area contributed by atoms with E-state index in [0.717, 1.165) is 27.7 Å². The van der Waals surface area contributed by atoms with Crippen molar-refractivity contribution >= 4 is 27.9 Å². The lowest BCUT2D eigenvalue weighted by Gasteiger charge is -2.15. The summed E-state index contributed by atoms with van der Waals surface area (Å²) in [4.78, 5) is 8.79. The second-order valence-corrected chi connectivity index (χ2v) is 6.41. The monoisotopic (exact) mass is 355 g/mol. The second kappa shape index (κ2) is 6.25. The number of rotatable bonds is 4. The van der Waals surface area contributed by atoms with Gasteiger partial charge in [0.05, 0.1) is 11.7 Å². The van der Waals surface area contributed by atoms with Gasteiger partial charge in [0, 0.05) is 17.8 Å². The SMILES string of the molecule is CC(Nc1ncnc2c1oc1ccccc12)c1ccc(-n2cccn2)cc1. The van der Waals surface area contributed by atoms with Crippen molar-refractivity contribution in [3.05, 3.63) is 78.9 Å². The Balaban J connectivity index is 1.46. The molecular weight excluding hydrogens is 338 g/mol. The van der Waals surface area contributed by atoms with E-state index in [0.29, 0.717) is 11.4 Å². The molecule has 1 N–H and O–H groups in total. The summed E-state index contributed by atoms with van der Waals surface area (Å²) in [5.41, 5.74) is 4.49. The Morgan fingerprint density at radius 3 is 2.67 bits per heavy atom. The van der Waals surface area contributed by atoms with Crippen LogP contribution in [0.2, 0.25) is 0 Å². The Morgan fingerprint density at radius 2 is 1.85 bits per heavy atom. The predicted molar refractivity (Wildman–Crippen MR) is 105 cm³/mol. The van der Waals surface area contributed by atoms with Crippen LogP contribution in [0.1, 0.15) is 18.5 Å². The molecule has 0 aliphatic carbocycles. The minimum Gasteiger partial charge on any atom is -0.450 e. The molecule has 0 saturated heterocycles. The first-order chi connectivity index (χ1) is 13.3. The van der Waals surface area contributed by atoms with E-state index in [1.165, 1.54) is 0 Å². The summed E-state index contributed by atoms with van der Waals surface area (Å²) >= 11 is 0. The van der Waals surface area contributed by atoms with Crippen molar-refractivity contribution < 1.29 is 4.42 Å². The fourth-order valence-electron chi connectivity index (χ4n) is 3.25. The number of benzene rings is 2. The molecule has 132 valence electrons. The van der Waals surface area contributed by atoms with E-state index < -0.39 is 0 Å². The number of hydrogen-bond acceptors (Lipinski definition) is 5. The molecule has 3 heterocycles. The average molecular weight is 355 g/mol. The molecule has 0 amide bonds. The molecule has 0 aliphatic heterocycles. The Kier molecular flexibility index (Phi) is 3.60. The number of nitrogens with zero attached hydrogens (tertiary/aromatic N) is 4. The van der Waals surface area contributed by atoms with Crippen LogP contribution in [0.5, 0.6) is 0 Å². The zero-order chi connectivity index (χ0) is 18.2. The maximum Gasteiger partial charge on any atom is 0.196 e. The normalized spacial score (nSPS) is 12.5. The van der Waals surface area contributed by atoms with Gasteiger partial charge >= 0.3 is 0 Å². The molecule has 5 rings (SSSR count). The Labute approximate surface area is 155 Å². The molecule has 1 atom stereocenters. The van der Waals surface area contributed by atoms with Crippen molar-refractivity contribution in [1.82, 2.24) is 19.7 Å². The molecule has 3 aromatic heterocycles. The standard InChI is InChI=1S/C21H17N5O/c1-14(15-7-9-16(10-8-15)26-12-4-11-24-26)25-21-20-19(22-13-23-21)17-5-2-3-6-18(17)27-20/h2-14H,1H3,(H,22,23,25). The van der Waals surface area contributed by atoms with Crippen LogP contribution in [0.3, 0.4) is 0 Å². The van der Waals surface area contributed by atoms with Gasteiger partial charge in [-0.2, -0.15) is 5.10 Å². The van der Waals surface area contributed by atoms with Gasteiger partial charge in [-0.15, -0.1) is 0 Å². The van der Waals surface area contributed by atoms with E-state index in [1.807, 2.05) is 41.2 Å². The van der Waals surface area contributed by atoms with Gasteiger partial charge in [-0.1, -0.05) is 24.3 Å². The molecule has 0 fully saturated rings. The molecule has 6 nitrogen and oxygen atoms in total. The van der Waals surface area contributed by atoms with Crippen molar-refractivity contribution in [2.24, 2.45) is 0 Å². The van der Waals surface area contributed by atoms with Gasteiger partial charge in [0.1, 0.15) is 17.4 Å². The number of aromatic nitrogens is 4. The van der Waals surface area contributed by atoms with E-state index in [1.54, 1.807) is 12.5 Å². The van der Waals surface area contributed by atoms with E-state index >= 15 is 0 Å². The summed E-state index contributed by atoms with van der Waals surface area (Å²) in [5, 5.41) is 8.70. The molecular formula is C21H17N5O. The average Bonchev–Trinajstić information content (AvgIpc) is 3.37. The van der Waals surface area contributed by atoms with Crippen LogP contribution in [0.15, 0.2) is 77.7 Å². The molecule has 0 spiro atoms. The molecule has 0 bridgehead atoms. The quantitative estimate of drug-likeness (QED) is 0.504. The van der Waals surface area contributed by atoms with E-state index in [9.17, 15) is 0 Å². The summed E-state index contributed by atoms with van der Waals surface area (Å²) in [6.45, 7) is 2.10. The Hall–Kier alpha value is -3.67. The minimum atomic E-state index is 0.0583. The molecule has 0 radical (unpaired) electrons. The first-order valence-electron chi connectivity index (χ1n) is 8.78. The van der Waals surface area contributed by atoms with Crippen LogP contribution >= 0.6 is 0 Å². The van der Waals surface area contributed by atoms with Crippen molar-refractivity contribution in [3.63, 3.8) is 0 Å². The lowest BCUT2D eigenvalue weighted by molar-refractivity contribution is 0.665. The zero-order valence-electron chi connectivity index (χ0n) is 14.7. The van der Waals surface area contributed by atoms with Gasteiger partial charge in [-0.3, -0.25) is 0 Å². The maximum atomic E-state index is 5.99. The van der Waals surface area contributed by atoms with E-state index in [-0.39, 0.29) is 6.04 Å². The number of furan rings is 1. The number of anilines is 1. The molecule has 27 heavy (non-hydrogen) atoms. The molecule has 5 aromatic rings. The largest absolute Gasteiger partial charge is 0.450 e. The van der Waals surface area contributed by atoms with Crippen LogP contribution < -0.4 is 5.32 Å². The van der Waals surface area contributed by atoms with Crippen molar-refractivity contribution in [2.45, 2.75) is 13.0 Å².